The predicted octanol–water partition coefficient (Wildman–Crippen LogP) is 2.75. The summed E-state index contributed by atoms with van der Waals surface area (Å²) in [6.45, 7) is 2.95. The molecule has 0 spiro atoms. The maximum absolute atomic E-state index is 8.83. The first kappa shape index (κ1) is 13.1. The predicted molar refractivity (Wildman–Crippen MR) is 72.7 cm³/mol. The van der Waals surface area contributed by atoms with Crippen molar-refractivity contribution >= 4 is 11.6 Å². The number of hydrogen-bond acceptors (Lipinski definition) is 4. The number of nitriles is 1. The lowest BCUT2D eigenvalue weighted by Gasteiger charge is -2.08. The van der Waals surface area contributed by atoms with Crippen molar-refractivity contribution in [3.8, 4) is 11.8 Å². The third-order valence-corrected chi connectivity index (χ3v) is 3.48. The Bertz CT molecular complexity index is 667. The fourth-order valence-corrected chi connectivity index (χ4v) is 2.53. The number of ether oxygens (including phenoxy) is 2. The van der Waals surface area contributed by atoms with E-state index in [-0.39, 0.29) is 0 Å². The number of aromatic nitrogens is 2. The molecule has 0 aliphatic carbocycles. The van der Waals surface area contributed by atoms with E-state index in [1.807, 2.05) is 23.6 Å². The highest BCUT2D eigenvalue weighted by Crippen LogP contribution is 2.31. The number of hydrogen-bond donors (Lipinski definition) is 0. The molecule has 5 nitrogen and oxygen atoms in total. The number of halogens is 1. The lowest BCUT2D eigenvalue weighted by molar-refractivity contribution is -0.0470. The molecule has 102 valence electrons. The van der Waals surface area contributed by atoms with Crippen LogP contribution in [0, 0.1) is 18.3 Å². The van der Waals surface area contributed by atoms with E-state index < -0.39 is 6.29 Å². The molecule has 6 heteroatoms. The fourth-order valence-electron chi connectivity index (χ4n) is 2.18. The van der Waals surface area contributed by atoms with Crippen LogP contribution in [-0.2, 0) is 9.47 Å². The first-order valence-electron chi connectivity index (χ1n) is 6.19. The van der Waals surface area contributed by atoms with Gasteiger partial charge in [-0.3, -0.25) is 4.57 Å². The van der Waals surface area contributed by atoms with Gasteiger partial charge in [-0.1, -0.05) is 11.6 Å². The standard InChI is InChI=1S/C14H12ClN3O2/c1-9-17-12(14-19-6-7-20-14)13(15)18(9)11-4-2-10(8-16)3-5-11/h2-5,14H,6-7H2,1H3. The number of rotatable bonds is 2. The normalized spacial score (nSPS) is 15.4. The van der Waals surface area contributed by atoms with Crippen LogP contribution in [0.3, 0.4) is 0 Å². The monoisotopic (exact) mass is 289 g/mol. The highest BCUT2D eigenvalue weighted by atomic mass is 35.5. The Balaban J connectivity index is 2.02. The molecule has 1 aromatic carbocycles. The molecule has 3 rings (SSSR count). The highest BCUT2D eigenvalue weighted by Gasteiger charge is 2.26. The van der Waals surface area contributed by atoms with E-state index >= 15 is 0 Å². The van der Waals surface area contributed by atoms with Gasteiger partial charge in [-0.15, -0.1) is 0 Å². The van der Waals surface area contributed by atoms with Crippen LogP contribution in [0.4, 0.5) is 0 Å². The van der Waals surface area contributed by atoms with E-state index in [9.17, 15) is 0 Å². The molecule has 0 bridgehead atoms. The van der Waals surface area contributed by atoms with Gasteiger partial charge in [0.2, 0.25) is 6.29 Å². The van der Waals surface area contributed by atoms with Crippen molar-refractivity contribution < 1.29 is 9.47 Å². The molecule has 0 unspecified atom stereocenters. The summed E-state index contributed by atoms with van der Waals surface area (Å²) in [5, 5.41) is 9.30. The number of nitrogens with zero attached hydrogens (tertiary/aromatic N) is 3. The van der Waals surface area contributed by atoms with E-state index in [1.165, 1.54) is 0 Å². The molecule has 0 amide bonds. The minimum absolute atomic E-state index is 0.471. The zero-order chi connectivity index (χ0) is 14.1. The van der Waals surface area contributed by atoms with Crippen LogP contribution < -0.4 is 0 Å². The molecule has 1 saturated heterocycles. The topological polar surface area (TPSA) is 60.1 Å². The summed E-state index contributed by atoms with van der Waals surface area (Å²) in [6.07, 6.45) is -0.499. The van der Waals surface area contributed by atoms with Crippen LogP contribution in [0.1, 0.15) is 23.4 Å². The molecule has 1 aliphatic rings. The molecule has 0 N–H and O–H groups in total. The van der Waals surface area contributed by atoms with Crippen LogP contribution in [0.15, 0.2) is 24.3 Å². The van der Waals surface area contributed by atoms with Crippen molar-refractivity contribution in [3.63, 3.8) is 0 Å². The van der Waals surface area contributed by atoms with Gasteiger partial charge in [0.1, 0.15) is 16.7 Å². The average molecular weight is 290 g/mol. The Labute approximate surface area is 121 Å². The van der Waals surface area contributed by atoms with Gasteiger partial charge in [0.15, 0.2) is 0 Å². The van der Waals surface area contributed by atoms with Gasteiger partial charge in [0, 0.05) is 5.69 Å². The summed E-state index contributed by atoms with van der Waals surface area (Å²) in [5.74, 6) is 0.744. The Morgan fingerprint density at radius 1 is 1.30 bits per heavy atom. The van der Waals surface area contributed by atoms with E-state index in [0.29, 0.717) is 29.6 Å². The van der Waals surface area contributed by atoms with Gasteiger partial charge in [-0.05, 0) is 31.2 Å². The molecular weight excluding hydrogens is 278 g/mol. The van der Waals surface area contributed by atoms with Gasteiger partial charge in [0.05, 0.1) is 24.8 Å². The first-order valence-corrected chi connectivity index (χ1v) is 6.57. The molecule has 1 aromatic heterocycles. The summed E-state index contributed by atoms with van der Waals surface area (Å²) in [6, 6.07) is 9.24. The maximum Gasteiger partial charge on any atom is 0.204 e. The molecule has 2 heterocycles. The molecule has 0 saturated carbocycles. The molecule has 1 fully saturated rings. The molecule has 2 aromatic rings. The second-order valence-electron chi connectivity index (χ2n) is 4.40. The zero-order valence-corrected chi connectivity index (χ0v) is 11.6. The largest absolute Gasteiger partial charge is 0.345 e. The summed E-state index contributed by atoms with van der Waals surface area (Å²) in [7, 11) is 0. The van der Waals surface area contributed by atoms with Crippen LogP contribution in [0.2, 0.25) is 5.15 Å². The molecule has 20 heavy (non-hydrogen) atoms. The maximum atomic E-state index is 8.83. The minimum Gasteiger partial charge on any atom is -0.345 e. The number of imidazole rings is 1. The Morgan fingerprint density at radius 3 is 2.55 bits per heavy atom. The Hall–Kier alpha value is -1.87. The third-order valence-electron chi connectivity index (χ3n) is 3.11. The molecule has 0 radical (unpaired) electrons. The quantitative estimate of drug-likeness (QED) is 0.853. The van der Waals surface area contributed by atoms with Crippen molar-refractivity contribution in [1.29, 1.82) is 5.26 Å². The van der Waals surface area contributed by atoms with Gasteiger partial charge >= 0.3 is 0 Å². The highest BCUT2D eigenvalue weighted by molar-refractivity contribution is 6.30. The van der Waals surface area contributed by atoms with Crippen LogP contribution >= 0.6 is 11.6 Å². The average Bonchev–Trinajstić information content (AvgIpc) is 3.07. The summed E-state index contributed by atoms with van der Waals surface area (Å²) in [4.78, 5) is 4.43. The third kappa shape index (κ3) is 2.18. The second-order valence-corrected chi connectivity index (χ2v) is 4.76. The Morgan fingerprint density at radius 2 is 1.95 bits per heavy atom. The SMILES string of the molecule is Cc1nc(C2OCCO2)c(Cl)n1-c1ccc(C#N)cc1. The summed E-state index contributed by atoms with van der Waals surface area (Å²) >= 11 is 6.39. The van der Waals surface area contributed by atoms with Crippen molar-refractivity contribution in [3.05, 3.63) is 46.5 Å². The molecule has 0 atom stereocenters. The second kappa shape index (κ2) is 5.25. The number of benzene rings is 1. The fraction of sp³-hybridized carbons (Fsp3) is 0.286. The van der Waals surface area contributed by atoms with Gasteiger partial charge < -0.3 is 9.47 Å². The van der Waals surface area contributed by atoms with Crippen molar-refractivity contribution in [2.24, 2.45) is 0 Å². The first-order chi connectivity index (χ1) is 9.70. The minimum atomic E-state index is -0.499. The van der Waals surface area contributed by atoms with E-state index in [2.05, 4.69) is 11.1 Å². The summed E-state index contributed by atoms with van der Waals surface area (Å²) < 4.78 is 12.7. The van der Waals surface area contributed by atoms with Crippen molar-refractivity contribution in [2.45, 2.75) is 13.2 Å². The van der Waals surface area contributed by atoms with Crippen LogP contribution in [-0.4, -0.2) is 22.8 Å². The molecule has 1 aliphatic heterocycles. The number of aryl methyl sites for hydroxylation is 1. The van der Waals surface area contributed by atoms with Crippen LogP contribution in [0.25, 0.3) is 5.69 Å². The van der Waals surface area contributed by atoms with E-state index in [4.69, 9.17) is 26.3 Å². The zero-order valence-electron chi connectivity index (χ0n) is 10.8. The van der Waals surface area contributed by atoms with Gasteiger partial charge in [-0.25, -0.2) is 4.98 Å². The van der Waals surface area contributed by atoms with Gasteiger partial charge in [-0.2, -0.15) is 5.26 Å². The van der Waals surface area contributed by atoms with E-state index in [1.54, 1.807) is 12.1 Å². The van der Waals surface area contributed by atoms with Gasteiger partial charge in [0.25, 0.3) is 0 Å². The smallest absolute Gasteiger partial charge is 0.204 e. The van der Waals surface area contributed by atoms with Crippen molar-refractivity contribution in [2.75, 3.05) is 13.2 Å². The lowest BCUT2D eigenvalue weighted by atomic mass is 10.2. The summed E-state index contributed by atoms with van der Waals surface area (Å²) in [5.41, 5.74) is 2.04. The van der Waals surface area contributed by atoms with Crippen molar-refractivity contribution in [1.82, 2.24) is 9.55 Å². The van der Waals surface area contributed by atoms with E-state index in [0.717, 1.165) is 11.5 Å². The lowest BCUT2D eigenvalue weighted by Crippen LogP contribution is -2.00. The Kier molecular flexibility index (Phi) is 3.45. The molecular formula is C14H12ClN3O2. The van der Waals surface area contributed by atoms with Crippen LogP contribution in [0.5, 0.6) is 0 Å².